The minimum Gasteiger partial charge on any atom is -0.481 e. The van der Waals surface area contributed by atoms with Gasteiger partial charge < -0.3 is 10.0 Å². The van der Waals surface area contributed by atoms with Crippen LogP contribution in [-0.4, -0.2) is 47.1 Å². The highest BCUT2D eigenvalue weighted by Gasteiger charge is 2.26. The zero-order chi connectivity index (χ0) is 13.5. The third kappa shape index (κ3) is 6.59. The zero-order valence-electron chi connectivity index (χ0n) is 10.6. The number of nitrogens with one attached hydrogen (secondary N) is 1. The lowest BCUT2D eigenvalue weighted by Gasteiger charge is -2.35. The fourth-order valence-corrected chi connectivity index (χ4v) is 1.38. The van der Waals surface area contributed by atoms with Gasteiger partial charge >= 0.3 is 5.97 Å². The van der Waals surface area contributed by atoms with E-state index in [1.165, 1.54) is 0 Å². The second kappa shape index (κ2) is 6.92. The summed E-state index contributed by atoms with van der Waals surface area (Å²) in [6.45, 7) is 6.26. The fourth-order valence-electron chi connectivity index (χ4n) is 1.38. The lowest BCUT2D eigenvalue weighted by Crippen LogP contribution is -2.49. The summed E-state index contributed by atoms with van der Waals surface area (Å²) in [5.41, 5.74) is -0.398. The van der Waals surface area contributed by atoms with E-state index in [0.717, 1.165) is 0 Å². The lowest BCUT2D eigenvalue weighted by molar-refractivity contribution is -0.140. The van der Waals surface area contributed by atoms with E-state index in [1.807, 2.05) is 20.8 Å². The molecule has 0 fully saturated rings. The Labute approximate surface area is 102 Å². The molecule has 0 radical (unpaired) electrons. The molecule has 2 N–H and O–H groups in total. The Morgan fingerprint density at radius 3 is 2.41 bits per heavy atom. The smallest absolute Gasteiger partial charge is 0.305 e. The van der Waals surface area contributed by atoms with Crippen molar-refractivity contribution in [2.24, 2.45) is 0 Å². The lowest BCUT2D eigenvalue weighted by atomic mass is 10.1. The number of rotatable bonds is 6. The predicted molar refractivity (Wildman–Crippen MR) is 65.4 cm³/mol. The predicted octanol–water partition coefficient (Wildman–Crippen LogP) is 0.311. The largest absolute Gasteiger partial charge is 0.481 e. The number of aliphatic carboxylic acids is 1. The molecule has 0 saturated carbocycles. The van der Waals surface area contributed by atoms with Crippen LogP contribution < -0.4 is 5.32 Å². The van der Waals surface area contributed by atoms with Gasteiger partial charge in [-0.1, -0.05) is 5.92 Å². The van der Waals surface area contributed by atoms with Crippen molar-refractivity contribution in [2.45, 2.75) is 32.7 Å². The van der Waals surface area contributed by atoms with Gasteiger partial charge in [0.25, 0.3) is 0 Å². The minimum absolute atomic E-state index is 0.0574. The number of nitrogens with zero attached hydrogens (tertiary/aromatic N) is 1. The number of carbonyl (C=O) groups is 2. The van der Waals surface area contributed by atoms with E-state index in [2.05, 4.69) is 11.2 Å². The number of carbonyl (C=O) groups excluding carboxylic acids is 1. The Morgan fingerprint density at radius 2 is 2.00 bits per heavy atom. The van der Waals surface area contributed by atoms with Gasteiger partial charge in [-0.05, 0) is 20.8 Å². The quantitative estimate of drug-likeness (QED) is 0.518. The standard InChI is InChI=1S/C12H20N2O3/c1-5-7-13-9-10(15)14(12(2,3)4)8-6-11(16)17/h1,13H,6-9H2,2-4H3,(H,16,17). The Hall–Kier alpha value is -1.54. The molecule has 96 valence electrons. The van der Waals surface area contributed by atoms with E-state index in [0.29, 0.717) is 6.54 Å². The SMILES string of the molecule is C#CCNCC(=O)N(CCC(=O)O)C(C)(C)C. The van der Waals surface area contributed by atoms with E-state index < -0.39 is 11.5 Å². The number of terminal acetylenes is 1. The van der Waals surface area contributed by atoms with Crippen LogP contribution in [0, 0.1) is 12.3 Å². The molecule has 0 aromatic rings. The summed E-state index contributed by atoms with van der Waals surface area (Å²) in [7, 11) is 0. The number of carboxylic acid groups (broad SMARTS) is 1. The van der Waals surface area contributed by atoms with Crippen LogP contribution in [0.1, 0.15) is 27.2 Å². The summed E-state index contributed by atoms with van der Waals surface area (Å²) in [6, 6.07) is 0. The van der Waals surface area contributed by atoms with E-state index >= 15 is 0 Å². The first-order valence-corrected chi connectivity index (χ1v) is 5.45. The Bertz CT molecular complexity index is 313. The first kappa shape index (κ1) is 15.5. The van der Waals surface area contributed by atoms with Crippen LogP contribution >= 0.6 is 0 Å². The van der Waals surface area contributed by atoms with Crippen molar-refractivity contribution in [3.63, 3.8) is 0 Å². The van der Waals surface area contributed by atoms with E-state index in [-0.39, 0.29) is 25.4 Å². The molecule has 17 heavy (non-hydrogen) atoms. The maximum atomic E-state index is 11.9. The molecule has 0 aliphatic rings. The average molecular weight is 240 g/mol. The number of carboxylic acids is 1. The van der Waals surface area contributed by atoms with Crippen molar-refractivity contribution < 1.29 is 14.7 Å². The third-order valence-electron chi connectivity index (χ3n) is 2.16. The van der Waals surface area contributed by atoms with Crippen molar-refractivity contribution in [3.8, 4) is 12.3 Å². The summed E-state index contributed by atoms with van der Waals surface area (Å²) in [6.07, 6.45) is 5.00. The molecule has 0 rings (SSSR count). The van der Waals surface area contributed by atoms with Gasteiger partial charge in [-0.3, -0.25) is 14.9 Å². The van der Waals surface area contributed by atoms with Gasteiger partial charge in [0.15, 0.2) is 0 Å². The van der Waals surface area contributed by atoms with Crippen LogP contribution in [-0.2, 0) is 9.59 Å². The zero-order valence-corrected chi connectivity index (χ0v) is 10.6. The van der Waals surface area contributed by atoms with Gasteiger partial charge in [-0.25, -0.2) is 0 Å². The van der Waals surface area contributed by atoms with Crippen LogP contribution in [0.5, 0.6) is 0 Å². The van der Waals surface area contributed by atoms with E-state index in [4.69, 9.17) is 11.5 Å². The first-order chi connectivity index (χ1) is 7.79. The van der Waals surface area contributed by atoms with Gasteiger partial charge in [-0.2, -0.15) is 0 Å². The highest BCUT2D eigenvalue weighted by Crippen LogP contribution is 2.13. The molecule has 0 atom stereocenters. The Balaban J connectivity index is 4.42. The Kier molecular flexibility index (Phi) is 6.29. The van der Waals surface area contributed by atoms with Gasteiger partial charge in [0.1, 0.15) is 0 Å². The second-order valence-corrected chi connectivity index (χ2v) is 4.67. The number of hydrogen-bond donors (Lipinski definition) is 2. The molecular formula is C12H20N2O3. The summed E-state index contributed by atoms with van der Waals surface area (Å²) >= 11 is 0. The van der Waals surface area contributed by atoms with Crippen molar-refractivity contribution >= 4 is 11.9 Å². The molecule has 0 aromatic heterocycles. The molecular weight excluding hydrogens is 220 g/mol. The van der Waals surface area contributed by atoms with Crippen LogP contribution in [0.15, 0.2) is 0 Å². The van der Waals surface area contributed by atoms with Crippen molar-refractivity contribution in [1.82, 2.24) is 10.2 Å². The molecule has 0 saturated heterocycles. The van der Waals surface area contributed by atoms with Gasteiger partial charge in [0.2, 0.25) is 5.91 Å². The average Bonchev–Trinajstić information content (AvgIpc) is 2.15. The Morgan fingerprint density at radius 1 is 1.41 bits per heavy atom. The van der Waals surface area contributed by atoms with Crippen LogP contribution in [0.2, 0.25) is 0 Å². The molecule has 0 spiro atoms. The monoisotopic (exact) mass is 240 g/mol. The van der Waals surface area contributed by atoms with Crippen LogP contribution in [0.25, 0.3) is 0 Å². The summed E-state index contributed by atoms with van der Waals surface area (Å²) in [5, 5.41) is 11.4. The molecule has 5 heteroatoms. The van der Waals surface area contributed by atoms with Crippen molar-refractivity contribution in [3.05, 3.63) is 0 Å². The minimum atomic E-state index is -0.913. The van der Waals surface area contributed by atoms with Crippen LogP contribution in [0.3, 0.4) is 0 Å². The molecule has 1 amide bonds. The summed E-state index contributed by atoms with van der Waals surface area (Å²) in [4.78, 5) is 24.0. The van der Waals surface area contributed by atoms with Gasteiger partial charge in [0.05, 0.1) is 19.5 Å². The first-order valence-electron chi connectivity index (χ1n) is 5.45. The fraction of sp³-hybridized carbons (Fsp3) is 0.667. The maximum absolute atomic E-state index is 11.9. The van der Waals surface area contributed by atoms with E-state index in [9.17, 15) is 9.59 Å². The molecule has 0 aliphatic carbocycles. The normalized spacial score (nSPS) is 10.7. The van der Waals surface area contributed by atoms with E-state index in [1.54, 1.807) is 4.90 Å². The number of amides is 1. The topological polar surface area (TPSA) is 69.6 Å². The molecule has 0 bridgehead atoms. The number of hydrogen-bond acceptors (Lipinski definition) is 3. The second-order valence-electron chi connectivity index (χ2n) is 4.67. The van der Waals surface area contributed by atoms with Gasteiger partial charge in [-0.15, -0.1) is 6.42 Å². The molecule has 0 aliphatic heterocycles. The summed E-state index contributed by atoms with van der Waals surface area (Å²) < 4.78 is 0. The third-order valence-corrected chi connectivity index (χ3v) is 2.16. The highest BCUT2D eigenvalue weighted by atomic mass is 16.4. The van der Waals surface area contributed by atoms with Crippen LogP contribution in [0.4, 0.5) is 0 Å². The molecule has 5 nitrogen and oxygen atoms in total. The van der Waals surface area contributed by atoms with Crippen molar-refractivity contribution in [2.75, 3.05) is 19.6 Å². The molecule has 0 aromatic carbocycles. The van der Waals surface area contributed by atoms with Crippen molar-refractivity contribution in [1.29, 1.82) is 0 Å². The van der Waals surface area contributed by atoms with Gasteiger partial charge in [0, 0.05) is 12.1 Å². The highest BCUT2D eigenvalue weighted by molar-refractivity contribution is 5.79. The summed E-state index contributed by atoms with van der Waals surface area (Å²) in [5.74, 6) is 1.32. The maximum Gasteiger partial charge on any atom is 0.305 e. The molecule has 0 heterocycles. The molecule has 0 unspecified atom stereocenters.